The van der Waals surface area contributed by atoms with Gasteiger partial charge in [-0.15, -0.1) is 0 Å². The minimum absolute atomic E-state index is 0.198. The van der Waals surface area contributed by atoms with E-state index in [9.17, 15) is 9.59 Å². The fourth-order valence-electron chi connectivity index (χ4n) is 3.96. The number of rotatable bonds is 2. The van der Waals surface area contributed by atoms with Gasteiger partial charge in [0.15, 0.2) is 5.41 Å². The minimum atomic E-state index is -1.27. The molecule has 2 aliphatic heterocycles. The van der Waals surface area contributed by atoms with Gasteiger partial charge < -0.3 is 14.4 Å². The van der Waals surface area contributed by atoms with Crippen LogP contribution in [0, 0.1) is 5.41 Å². The van der Waals surface area contributed by atoms with Gasteiger partial charge in [0.1, 0.15) is 0 Å². The Kier molecular flexibility index (Phi) is 3.81. The Hall–Kier alpha value is -2.04. The van der Waals surface area contributed by atoms with E-state index in [-0.39, 0.29) is 6.04 Å². The lowest BCUT2D eigenvalue weighted by molar-refractivity contribution is -0.172. The highest BCUT2D eigenvalue weighted by Crippen LogP contribution is 2.46. The van der Waals surface area contributed by atoms with Crippen molar-refractivity contribution >= 4 is 17.6 Å². The molecular formula is C17H21NO4. The number of piperidine rings is 1. The van der Waals surface area contributed by atoms with Crippen LogP contribution < -0.4 is 4.90 Å². The van der Waals surface area contributed by atoms with E-state index in [0.29, 0.717) is 6.42 Å². The monoisotopic (exact) mass is 303 g/mol. The van der Waals surface area contributed by atoms with Crippen molar-refractivity contribution in [1.82, 2.24) is 0 Å². The van der Waals surface area contributed by atoms with Crippen molar-refractivity contribution < 1.29 is 19.1 Å². The number of para-hydroxylation sites is 1. The lowest BCUT2D eigenvalue weighted by Gasteiger charge is -2.50. The molecular weight excluding hydrogens is 282 g/mol. The second kappa shape index (κ2) is 5.63. The average molecular weight is 303 g/mol. The van der Waals surface area contributed by atoms with Crippen molar-refractivity contribution in [3.05, 3.63) is 29.8 Å². The van der Waals surface area contributed by atoms with E-state index in [1.807, 2.05) is 18.2 Å². The highest BCUT2D eigenvalue weighted by atomic mass is 16.5. The molecule has 0 bridgehead atoms. The Balaban J connectivity index is 2.17. The molecule has 2 heterocycles. The number of methoxy groups -OCH3 is 2. The summed E-state index contributed by atoms with van der Waals surface area (Å²) in [6.45, 7) is 0.845. The van der Waals surface area contributed by atoms with Crippen LogP contribution in [0.3, 0.4) is 0 Å². The first kappa shape index (κ1) is 14.9. The summed E-state index contributed by atoms with van der Waals surface area (Å²) in [6.07, 6.45) is 3.19. The molecule has 1 unspecified atom stereocenters. The van der Waals surface area contributed by atoms with Gasteiger partial charge >= 0.3 is 11.9 Å². The van der Waals surface area contributed by atoms with E-state index in [1.165, 1.54) is 14.2 Å². The molecule has 2 aliphatic rings. The fraction of sp³-hybridized carbons (Fsp3) is 0.529. The van der Waals surface area contributed by atoms with Gasteiger partial charge in [-0.2, -0.15) is 0 Å². The van der Waals surface area contributed by atoms with E-state index >= 15 is 0 Å². The number of nitrogens with zero attached hydrogens (tertiary/aromatic N) is 1. The summed E-state index contributed by atoms with van der Waals surface area (Å²) in [4.78, 5) is 27.4. The summed E-state index contributed by atoms with van der Waals surface area (Å²) in [5.74, 6) is -0.989. The van der Waals surface area contributed by atoms with Crippen molar-refractivity contribution in [2.24, 2.45) is 5.41 Å². The van der Waals surface area contributed by atoms with Crippen molar-refractivity contribution in [2.45, 2.75) is 31.7 Å². The van der Waals surface area contributed by atoms with Gasteiger partial charge in [0.05, 0.1) is 20.3 Å². The van der Waals surface area contributed by atoms with Crippen LogP contribution in [-0.4, -0.2) is 38.7 Å². The fourth-order valence-corrected chi connectivity index (χ4v) is 3.96. The average Bonchev–Trinajstić information content (AvgIpc) is 2.59. The smallest absolute Gasteiger partial charge is 0.325 e. The molecule has 1 fully saturated rings. The molecule has 0 radical (unpaired) electrons. The molecule has 5 nitrogen and oxygen atoms in total. The first-order valence-corrected chi connectivity index (χ1v) is 7.66. The lowest BCUT2D eigenvalue weighted by atomic mass is 9.68. The maximum Gasteiger partial charge on any atom is 0.325 e. The van der Waals surface area contributed by atoms with E-state index in [1.54, 1.807) is 0 Å². The van der Waals surface area contributed by atoms with Gasteiger partial charge in [-0.25, -0.2) is 0 Å². The van der Waals surface area contributed by atoms with Gasteiger partial charge in [0.25, 0.3) is 0 Å². The highest BCUT2D eigenvalue weighted by molar-refractivity contribution is 6.02. The molecule has 1 atom stereocenters. The number of hydrogen-bond acceptors (Lipinski definition) is 5. The Morgan fingerprint density at radius 1 is 1.14 bits per heavy atom. The number of hydrogen-bond donors (Lipinski definition) is 0. The number of esters is 2. The number of fused-ring (bicyclic) bond motifs is 3. The van der Waals surface area contributed by atoms with E-state index in [2.05, 4.69) is 11.0 Å². The minimum Gasteiger partial charge on any atom is -0.468 e. The molecule has 1 aromatic carbocycles. The van der Waals surface area contributed by atoms with Crippen molar-refractivity contribution in [2.75, 3.05) is 25.7 Å². The van der Waals surface area contributed by atoms with E-state index in [0.717, 1.165) is 37.1 Å². The molecule has 118 valence electrons. The number of carbonyl (C=O) groups is 2. The third kappa shape index (κ3) is 1.99. The third-order valence-corrected chi connectivity index (χ3v) is 4.94. The summed E-state index contributed by atoms with van der Waals surface area (Å²) in [7, 11) is 2.67. The van der Waals surface area contributed by atoms with Crippen molar-refractivity contribution in [1.29, 1.82) is 0 Å². The SMILES string of the molecule is COC(=O)C1(C(=O)OC)Cc2ccccc2N2CCCCC21. The van der Waals surface area contributed by atoms with Gasteiger partial charge in [0.2, 0.25) is 0 Å². The molecule has 0 N–H and O–H groups in total. The predicted molar refractivity (Wildman–Crippen MR) is 81.6 cm³/mol. The number of ether oxygens (including phenoxy) is 2. The summed E-state index contributed by atoms with van der Waals surface area (Å²) < 4.78 is 10.0. The summed E-state index contributed by atoms with van der Waals surface area (Å²) in [5.41, 5.74) is 0.852. The highest BCUT2D eigenvalue weighted by Gasteiger charge is 2.59. The number of benzene rings is 1. The Morgan fingerprint density at radius 3 is 2.50 bits per heavy atom. The largest absolute Gasteiger partial charge is 0.468 e. The van der Waals surface area contributed by atoms with Crippen LogP contribution in [0.5, 0.6) is 0 Å². The zero-order valence-electron chi connectivity index (χ0n) is 13.0. The molecule has 0 saturated carbocycles. The molecule has 0 spiro atoms. The van der Waals surface area contributed by atoms with E-state index in [4.69, 9.17) is 9.47 Å². The zero-order valence-corrected chi connectivity index (χ0v) is 13.0. The topological polar surface area (TPSA) is 55.8 Å². The van der Waals surface area contributed by atoms with Crippen LogP contribution >= 0.6 is 0 Å². The zero-order chi connectivity index (χ0) is 15.7. The van der Waals surface area contributed by atoms with Crippen LogP contribution in [0.15, 0.2) is 24.3 Å². The Bertz CT molecular complexity index is 582. The van der Waals surface area contributed by atoms with Gasteiger partial charge in [-0.1, -0.05) is 18.2 Å². The van der Waals surface area contributed by atoms with Crippen molar-refractivity contribution in [3.8, 4) is 0 Å². The Labute approximate surface area is 130 Å². The van der Waals surface area contributed by atoms with Crippen molar-refractivity contribution in [3.63, 3.8) is 0 Å². The molecule has 22 heavy (non-hydrogen) atoms. The molecule has 0 aromatic heterocycles. The third-order valence-electron chi connectivity index (χ3n) is 4.94. The van der Waals surface area contributed by atoms with Crippen LogP contribution in [0.1, 0.15) is 24.8 Å². The molecule has 3 rings (SSSR count). The quantitative estimate of drug-likeness (QED) is 0.617. The second-order valence-electron chi connectivity index (χ2n) is 5.96. The lowest BCUT2D eigenvalue weighted by Crippen LogP contribution is -2.62. The normalized spacial score (nSPS) is 22.3. The van der Waals surface area contributed by atoms with Crippen LogP contribution in [0.4, 0.5) is 5.69 Å². The maximum absolute atomic E-state index is 12.6. The predicted octanol–water partition coefficient (Wildman–Crippen LogP) is 1.93. The molecule has 5 heteroatoms. The van der Waals surface area contributed by atoms with E-state index < -0.39 is 17.4 Å². The summed E-state index contributed by atoms with van der Waals surface area (Å²) in [6, 6.07) is 7.76. The first-order chi connectivity index (χ1) is 10.6. The second-order valence-corrected chi connectivity index (χ2v) is 5.96. The number of anilines is 1. The van der Waals surface area contributed by atoms with Gasteiger partial charge in [-0.05, 0) is 30.9 Å². The van der Waals surface area contributed by atoms with Crippen LogP contribution in [-0.2, 0) is 25.5 Å². The van der Waals surface area contributed by atoms with Gasteiger partial charge in [-0.3, -0.25) is 9.59 Å². The van der Waals surface area contributed by atoms with Crippen LogP contribution in [0.25, 0.3) is 0 Å². The Morgan fingerprint density at radius 2 is 1.82 bits per heavy atom. The summed E-state index contributed by atoms with van der Waals surface area (Å²) in [5, 5.41) is 0. The molecule has 1 aromatic rings. The molecule has 0 amide bonds. The first-order valence-electron chi connectivity index (χ1n) is 7.66. The summed E-state index contributed by atoms with van der Waals surface area (Å²) >= 11 is 0. The van der Waals surface area contributed by atoms with Gasteiger partial charge in [0, 0.05) is 18.7 Å². The maximum atomic E-state index is 12.6. The molecule has 1 saturated heterocycles. The standard InChI is InChI=1S/C17H21NO4/c1-21-15(19)17(16(20)22-2)11-12-7-3-4-8-13(12)18-10-6-5-9-14(17)18/h3-4,7-8,14H,5-6,9-11H2,1-2H3. The number of carbonyl (C=O) groups excluding carboxylic acids is 2. The van der Waals surface area contributed by atoms with Crippen LogP contribution in [0.2, 0.25) is 0 Å². The molecule has 0 aliphatic carbocycles.